The summed E-state index contributed by atoms with van der Waals surface area (Å²) in [5, 5.41) is 1.04. The minimum absolute atomic E-state index is 0.111. The van der Waals surface area contributed by atoms with E-state index in [2.05, 4.69) is 9.97 Å². The zero-order valence-corrected chi connectivity index (χ0v) is 12.1. The number of benzene rings is 1. The first kappa shape index (κ1) is 13.4. The summed E-state index contributed by atoms with van der Waals surface area (Å²) < 4.78 is 0. The topological polar surface area (TPSA) is 42.9 Å². The molecule has 1 aromatic carbocycles. The van der Waals surface area contributed by atoms with Crippen molar-refractivity contribution in [1.29, 1.82) is 0 Å². The number of para-hydroxylation sites is 1. The molecule has 0 amide bonds. The molecule has 0 saturated carbocycles. The number of Topliss-reactive ketones (excluding diaryl/α,β-unsaturated/α-hetero) is 1. The molecule has 3 rings (SSSR count). The summed E-state index contributed by atoms with van der Waals surface area (Å²) in [6.45, 7) is 3.82. The van der Waals surface area contributed by atoms with E-state index in [4.69, 9.17) is 0 Å². The van der Waals surface area contributed by atoms with Gasteiger partial charge in [-0.15, -0.1) is 0 Å². The number of aromatic nitrogens is 2. The molecule has 3 nitrogen and oxygen atoms in total. The number of fused-ring (bicyclic) bond motifs is 1. The number of hydrogen-bond donors (Lipinski definition) is 0. The molecular formula is C18H16N2O. The molecule has 2 heterocycles. The second kappa shape index (κ2) is 5.44. The molecule has 0 saturated heterocycles. The summed E-state index contributed by atoms with van der Waals surface area (Å²) in [5.41, 5.74) is 4.40. The van der Waals surface area contributed by atoms with Crippen molar-refractivity contribution in [3.8, 4) is 0 Å². The van der Waals surface area contributed by atoms with Gasteiger partial charge in [-0.1, -0.05) is 18.2 Å². The van der Waals surface area contributed by atoms with Crippen LogP contribution in [0.2, 0.25) is 0 Å². The van der Waals surface area contributed by atoms with Crippen molar-refractivity contribution >= 4 is 16.7 Å². The lowest BCUT2D eigenvalue weighted by atomic mass is 10.00. The van der Waals surface area contributed by atoms with Crippen LogP contribution in [0.5, 0.6) is 0 Å². The fourth-order valence-corrected chi connectivity index (χ4v) is 2.58. The summed E-state index contributed by atoms with van der Waals surface area (Å²) in [6, 6.07) is 13.5. The van der Waals surface area contributed by atoms with Gasteiger partial charge in [-0.05, 0) is 43.7 Å². The molecule has 0 aliphatic heterocycles. The Morgan fingerprint density at radius 3 is 2.52 bits per heavy atom. The van der Waals surface area contributed by atoms with Crippen LogP contribution in [0.4, 0.5) is 0 Å². The van der Waals surface area contributed by atoms with Crippen molar-refractivity contribution in [1.82, 2.24) is 9.97 Å². The van der Waals surface area contributed by atoms with Crippen LogP contribution in [0.25, 0.3) is 10.9 Å². The molecule has 3 heteroatoms. The number of hydrogen-bond acceptors (Lipinski definition) is 3. The molecule has 21 heavy (non-hydrogen) atoms. The van der Waals surface area contributed by atoms with Gasteiger partial charge in [0, 0.05) is 35.0 Å². The lowest BCUT2D eigenvalue weighted by Gasteiger charge is -2.07. The monoisotopic (exact) mass is 276 g/mol. The number of ketones is 1. The quantitative estimate of drug-likeness (QED) is 0.685. The molecule has 0 radical (unpaired) electrons. The van der Waals surface area contributed by atoms with Gasteiger partial charge in [-0.3, -0.25) is 14.8 Å². The minimum atomic E-state index is 0.111. The van der Waals surface area contributed by atoms with E-state index >= 15 is 0 Å². The van der Waals surface area contributed by atoms with E-state index in [1.54, 1.807) is 6.20 Å². The third-order valence-corrected chi connectivity index (χ3v) is 3.49. The van der Waals surface area contributed by atoms with Crippen molar-refractivity contribution in [2.45, 2.75) is 20.3 Å². The van der Waals surface area contributed by atoms with Gasteiger partial charge in [-0.25, -0.2) is 0 Å². The average Bonchev–Trinajstić information content (AvgIpc) is 2.46. The molecule has 0 aliphatic rings. The maximum atomic E-state index is 12.5. The molecular weight excluding hydrogens is 260 g/mol. The maximum Gasteiger partial charge on any atom is 0.167 e. The lowest BCUT2D eigenvalue weighted by molar-refractivity contribution is 0.0993. The average molecular weight is 276 g/mol. The molecule has 2 aromatic heterocycles. The minimum Gasteiger partial charge on any atom is -0.294 e. The van der Waals surface area contributed by atoms with E-state index in [1.807, 2.05) is 56.3 Å². The van der Waals surface area contributed by atoms with Crippen LogP contribution in [-0.4, -0.2) is 15.8 Å². The Morgan fingerprint density at radius 2 is 1.76 bits per heavy atom. The predicted molar refractivity (Wildman–Crippen MR) is 83.5 cm³/mol. The molecule has 0 N–H and O–H groups in total. The van der Waals surface area contributed by atoms with Crippen LogP contribution < -0.4 is 0 Å². The molecule has 104 valence electrons. The second-order valence-corrected chi connectivity index (χ2v) is 5.23. The first-order valence-electron chi connectivity index (χ1n) is 6.94. The van der Waals surface area contributed by atoms with Crippen molar-refractivity contribution < 1.29 is 4.79 Å². The highest BCUT2D eigenvalue weighted by Gasteiger charge is 2.11. The van der Waals surface area contributed by atoms with Gasteiger partial charge in [0.1, 0.15) is 0 Å². The van der Waals surface area contributed by atoms with Crippen LogP contribution in [0.1, 0.15) is 27.3 Å². The highest BCUT2D eigenvalue weighted by molar-refractivity contribution is 5.99. The largest absolute Gasteiger partial charge is 0.294 e. The van der Waals surface area contributed by atoms with Gasteiger partial charge in [0.25, 0.3) is 0 Å². The lowest BCUT2D eigenvalue weighted by Crippen LogP contribution is -2.06. The van der Waals surface area contributed by atoms with Gasteiger partial charge in [0.05, 0.1) is 5.52 Å². The van der Waals surface area contributed by atoms with Gasteiger partial charge >= 0.3 is 0 Å². The second-order valence-electron chi connectivity index (χ2n) is 5.23. The normalized spacial score (nSPS) is 10.8. The number of carbonyl (C=O) groups excluding carboxylic acids is 1. The van der Waals surface area contributed by atoms with Crippen molar-refractivity contribution in [2.24, 2.45) is 0 Å². The molecule has 0 unspecified atom stereocenters. The summed E-state index contributed by atoms with van der Waals surface area (Å²) in [5.74, 6) is 0.111. The summed E-state index contributed by atoms with van der Waals surface area (Å²) in [4.78, 5) is 21.2. The first-order chi connectivity index (χ1) is 10.1. The van der Waals surface area contributed by atoms with Gasteiger partial charge < -0.3 is 0 Å². The van der Waals surface area contributed by atoms with Gasteiger partial charge in [0.2, 0.25) is 0 Å². The van der Waals surface area contributed by atoms with Crippen LogP contribution in [-0.2, 0) is 6.42 Å². The molecule has 3 aromatic rings. The van der Waals surface area contributed by atoms with Crippen molar-refractivity contribution in [3.05, 3.63) is 71.2 Å². The third-order valence-electron chi connectivity index (χ3n) is 3.49. The molecule has 0 fully saturated rings. The highest BCUT2D eigenvalue weighted by Crippen LogP contribution is 2.18. The zero-order chi connectivity index (χ0) is 14.8. The Bertz CT molecular complexity index is 799. The van der Waals surface area contributed by atoms with E-state index < -0.39 is 0 Å². The van der Waals surface area contributed by atoms with Crippen molar-refractivity contribution in [2.75, 3.05) is 0 Å². The van der Waals surface area contributed by atoms with Gasteiger partial charge in [-0.2, -0.15) is 0 Å². The number of aryl methyl sites for hydroxylation is 2. The first-order valence-corrected chi connectivity index (χ1v) is 6.94. The van der Waals surface area contributed by atoms with E-state index in [1.165, 1.54) is 0 Å². The standard InChI is InChI=1S/C18H16N2O/c1-12-9-15(10-13(2)20-12)18(21)11-14-7-8-19-17-6-4-3-5-16(14)17/h3-10H,11H2,1-2H3. The number of rotatable bonds is 3. The highest BCUT2D eigenvalue weighted by atomic mass is 16.1. The van der Waals surface area contributed by atoms with Gasteiger partial charge in [0.15, 0.2) is 5.78 Å². The molecule has 0 spiro atoms. The Kier molecular flexibility index (Phi) is 3.48. The van der Waals surface area contributed by atoms with E-state index in [9.17, 15) is 4.79 Å². The summed E-state index contributed by atoms with van der Waals surface area (Å²) in [7, 11) is 0. The SMILES string of the molecule is Cc1cc(C(=O)Cc2ccnc3ccccc23)cc(C)n1. The third kappa shape index (κ3) is 2.82. The van der Waals surface area contributed by atoms with Crippen LogP contribution in [0.15, 0.2) is 48.7 Å². The van der Waals surface area contributed by atoms with E-state index in [0.717, 1.165) is 33.4 Å². The zero-order valence-electron chi connectivity index (χ0n) is 12.1. The van der Waals surface area contributed by atoms with E-state index in [-0.39, 0.29) is 5.78 Å². The van der Waals surface area contributed by atoms with Crippen LogP contribution >= 0.6 is 0 Å². The Labute approximate surface area is 123 Å². The van der Waals surface area contributed by atoms with Crippen molar-refractivity contribution in [3.63, 3.8) is 0 Å². The number of carbonyl (C=O) groups is 1. The summed E-state index contributed by atoms with van der Waals surface area (Å²) in [6.07, 6.45) is 2.14. The predicted octanol–water partition coefficient (Wildman–Crippen LogP) is 3.67. The maximum absolute atomic E-state index is 12.5. The fourth-order valence-electron chi connectivity index (χ4n) is 2.58. The smallest absolute Gasteiger partial charge is 0.167 e. The fraction of sp³-hybridized carbons (Fsp3) is 0.167. The summed E-state index contributed by atoms with van der Waals surface area (Å²) >= 11 is 0. The Morgan fingerprint density at radius 1 is 1.05 bits per heavy atom. The Hall–Kier alpha value is -2.55. The van der Waals surface area contributed by atoms with E-state index in [0.29, 0.717) is 6.42 Å². The van der Waals surface area contributed by atoms with Crippen LogP contribution in [0, 0.1) is 13.8 Å². The number of pyridine rings is 2. The molecule has 0 aliphatic carbocycles. The molecule has 0 atom stereocenters. The molecule has 0 bridgehead atoms. The Balaban J connectivity index is 1.96. The van der Waals surface area contributed by atoms with Crippen LogP contribution in [0.3, 0.4) is 0 Å². The number of nitrogens with zero attached hydrogens (tertiary/aromatic N) is 2.